The van der Waals surface area contributed by atoms with Gasteiger partial charge in [0.05, 0.1) is 5.39 Å². The minimum absolute atomic E-state index is 0.140. The Morgan fingerprint density at radius 1 is 0.970 bits per heavy atom. The van der Waals surface area contributed by atoms with Crippen LogP contribution in [0.4, 0.5) is 5.82 Å². The van der Waals surface area contributed by atoms with E-state index in [1.54, 1.807) is 0 Å². The molecule has 33 heavy (non-hydrogen) atoms. The molecule has 2 aliphatic rings. The molecule has 1 aromatic carbocycles. The summed E-state index contributed by atoms with van der Waals surface area (Å²) >= 11 is 1.89. The molecule has 0 bridgehead atoms. The fourth-order valence-corrected chi connectivity index (χ4v) is 6.38. The second-order valence-electron chi connectivity index (χ2n) is 9.29. The number of aromatic nitrogens is 2. The summed E-state index contributed by atoms with van der Waals surface area (Å²) in [6.07, 6.45) is 9.13. The Hall–Kier alpha value is -2.47. The number of nitrogens with zero attached hydrogens (tertiary/aromatic N) is 4. The number of carbonyl (C=O) groups excluding carboxylic acids is 1. The van der Waals surface area contributed by atoms with E-state index in [0.717, 1.165) is 69.1 Å². The summed E-state index contributed by atoms with van der Waals surface area (Å²) in [6.45, 7) is 7.43. The summed E-state index contributed by atoms with van der Waals surface area (Å²) < 4.78 is 0. The van der Waals surface area contributed by atoms with Crippen molar-refractivity contribution < 1.29 is 4.79 Å². The van der Waals surface area contributed by atoms with Gasteiger partial charge >= 0.3 is 0 Å². The van der Waals surface area contributed by atoms with Gasteiger partial charge in [0.15, 0.2) is 0 Å². The fourth-order valence-electron chi connectivity index (χ4n) is 5.11. The second-order valence-corrected chi connectivity index (χ2v) is 10.4. The molecule has 1 fully saturated rings. The monoisotopic (exact) mass is 462 g/mol. The highest BCUT2D eigenvalue weighted by Gasteiger charge is 2.27. The molecule has 1 saturated heterocycles. The van der Waals surface area contributed by atoms with Crippen molar-refractivity contribution in [1.82, 2.24) is 14.9 Å². The molecule has 0 unspecified atom stereocenters. The van der Waals surface area contributed by atoms with Gasteiger partial charge in [0, 0.05) is 43.0 Å². The number of thiophene rings is 1. The predicted molar refractivity (Wildman–Crippen MR) is 137 cm³/mol. The number of fused-ring (bicyclic) bond motifs is 3. The topological polar surface area (TPSA) is 49.3 Å². The molecule has 0 atom stereocenters. The number of hydrogen-bond donors (Lipinski definition) is 0. The SMILES string of the molecule is CCCc1nc(N2CCN(C(=O)c3ccc(CC)cc3)CC2)c2c3c(sc2n1)CCCCC3. The average molecular weight is 463 g/mol. The number of anilines is 1. The molecule has 0 saturated carbocycles. The van der Waals surface area contributed by atoms with Crippen LogP contribution in [0.2, 0.25) is 0 Å². The quantitative estimate of drug-likeness (QED) is 0.474. The normalized spacial score (nSPS) is 16.7. The van der Waals surface area contributed by atoms with Crippen molar-refractivity contribution in [2.75, 3.05) is 31.1 Å². The maximum atomic E-state index is 13.1. The largest absolute Gasteiger partial charge is 0.352 e. The molecular formula is C27H34N4OS. The number of carbonyl (C=O) groups is 1. The van der Waals surface area contributed by atoms with Crippen LogP contribution in [0.3, 0.4) is 0 Å². The van der Waals surface area contributed by atoms with Gasteiger partial charge in [-0.15, -0.1) is 11.3 Å². The number of amides is 1. The van der Waals surface area contributed by atoms with Crippen LogP contribution < -0.4 is 4.90 Å². The van der Waals surface area contributed by atoms with Gasteiger partial charge in [0.25, 0.3) is 5.91 Å². The van der Waals surface area contributed by atoms with Gasteiger partial charge in [0.1, 0.15) is 16.5 Å². The van der Waals surface area contributed by atoms with Crippen molar-refractivity contribution >= 4 is 33.3 Å². The van der Waals surface area contributed by atoms with Gasteiger partial charge < -0.3 is 9.80 Å². The van der Waals surface area contributed by atoms with Crippen molar-refractivity contribution in [2.45, 2.75) is 65.2 Å². The van der Waals surface area contributed by atoms with Gasteiger partial charge in [-0.2, -0.15) is 0 Å². The molecule has 2 aromatic heterocycles. The van der Waals surface area contributed by atoms with Crippen molar-refractivity contribution in [3.05, 3.63) is 51.7 Å². The van der Waals surface area contributed by atoms with E-state index in [1.165, 1.54) is 51.9 Å². The Kier molecular flexibility index (Phi) is 6.63. The highest BCUT2D eigenvalue weighted by Crippen LogP contribution is 2.39. The minimum atomic E-state index is 0.140. The molecule has 0 N–H and O–H groups in total. The summed E-state index contributed by atoms with van der Waals surface area (Å²) in [6, 6.07) is 8.08. The highest BCUT2D eigenvalue weighted by atomic mass is 32.1. The zero-order valence-corrected chi connectivity index (χ0v) is 20.7. The molecule has 3 heterocycles. The van der Waals surface area contributed by atoms with Gasteiger partial charge in [0.2, 0.25) is 0 Å². The molecule has 0 radical (unpaired) electrons. The predicted octanol–water partition coefficient (Wildman–Crippen LogP) is 5.44. The summed E-state index contributed by atoms with van der Waals surface area (Å²) in [5, 5.41) is 1.30. The van der Waals surface area contributed by atoms with E-state index in [0.29, 0.717) is 0 Å². The van der Waals surface area contributed by atoms with Crippen LogP contribution in [0.5, 0.6) is 0 Å². The summed E-state index contributed by atoms with van der Waals surface area (Å²) in [4.78, 5) is 30.2. The van der Waals surface area contributed by atoms with Crippen LogP contribution >= 0.6 is 11.3 Å². The molecule has 3 aromatic rings. The zero-order chi connectivity index (χ0) is 22.8. The molecule has 5 rings (SSSR count). The van der Waals surface area contributed by atoms with Crippen LogP contribution in [-0.2, 0) is 25.7 Å². The van der Waals surface area contributed by atoms with Crippen LogP contribution in [0, 0.1) is 0 Å². The molecule has 6 heteroatoms. The summed E-state index contributed by atoms with van der Waals surface area (Å²) in [7, 11) is 0. The lowest BCUT2D eigenvalue weighted by molar-refractivity contribution is 0.0746. The van der Waals surface area contributed by atoms with Crippen molar-refractivity contribution in [1.29, 1.82) is 0 Å². The molecule has 1 amide bonds. The van der Waals surface area contributed by atoms with Crippen molar-refractivity contribution in [2.24, 2.45) is 0 Å². The molecule has 1 aliphatic carbocycles. The Morgan fingerprint density at radius 2 is 1.73 bits per heavy atom. The molecule has 174 valence electrons. The van der Waals surface area contributed by atoms with E-state index in [-0.39, 0.29) is 5.91 Å². The first kappa shape index (κ1) is 22.3. The van der Waals surface area contributed by atoms with E-state index in [9.17, 15) is 4.79 Å². The Morgan fingerprint density at radius 3 is 2.45 bits per heavy atom. The average Bonchev–Trinajstić information content (AvgIpc) is 3.04. The minimum Gasteiger partial charge on any atom is -0.352 e. The molecule has 5 nitrogen and oxygen atoms in total. The molecule has 0 spiro atoms. The van der Waals surface area contributed by atoms with E-state index in [2.05, 4.69) is 30.9 Å². The number of hydrogen-bond acceptors (Lipinski definition) is 5. The Balaban J connectivity index is 1.40. The van der Waals surface area contributed by atoms with E-state index in [4.69, 9.17) is 9.97 Å². The number of rotatable bonds is 5. The van der Waals surface area contributed by atoms with Crippen molar-refractivity contribution in [3.8, 4) is 0 Å². The smallest absolute Gasteiger partial charge is 0.253 e. The van der Waals surface area contributed by atoms with Crippen LogP contribution in [0.15, 0.2) is 24.3 Å². The number of aryl methyl sites for hydroxylation is 4. The Bertz CT molecular complexity index is 1130. The number of piperazine rings is 1. The third kappa shape index (κ3) is 4.50. The van der Waals surface area contributed by atoms with E-state index < -0.39 is 0 Å². The van der Waals surface area contributed by atoms with Gasteiger partial charge in [-0.1, -0.05) is 32.4 Å². The number of benzene rings is 1. The lowest BCUT2D eigenvalue weighted by Crippen LogP contribution is -2.49. The lowest BCUT2D eigenvalue weighted by Gasteiger charge is -2.36. The third-order valence-electron chi connectivity index (χ3n) is 7.04. The maximum absolute atomic E-state index is 13.1. The Labute approximate surface area is 200 Å². The van der Waals surface area contributed by atoms with E-state index >= 15 is 0 Å². The first-order chi connectivity index (χ1) is 16.2. The van der Waals surface area contributed by atoms with Crippen LogP contribution in [0.1, 0.15) is 71.7 Å². The van der Waals surface area contributed by atoms with Crippen molar-refractivity contribution in [3.63, 3.8) is 0 Å². The highest BCUT2D eigenvalue weighted by molar-refractivity contribution is 7.19. The van der Waals surface area contributed by atoms with Crippen LogP contribution in [-0.4, -0.2) is 47.0 Å². The van der Waals surface area contributed by atoms with Crippen LogP contribution in [0.25, 0.3) is 10.2 Å². The third-order valence-corrected chi connectivity index (χ3v) is 8.23. The van der Waals surface area contributed by atoms with E-state index in [1.807, 2.05) is 28.4 Å². The fraction of sp³-hybridized carbons (Fsp3) is 0.519. The summed E-state index contributed by atoms with van der Waals surface area (Å²) in [5.74, 6) is 2.22. The maximum Gasteiger partial charge on any atom is 0.253 e. The molecule has 1 aliphatic heterocycles. The first-order valence-electron chi connectivity index (χ1n) is 12.6. The summed E-state index contributed by atoms with van der Waals surface area (Å²) in [5.41, 5.74) is 3.56. The van der Waals surface area contributed by atoms with Gasteiger partial charge in [-0.25, -0.2) is 9.97 Å². The molecular weight excluding hydrogens is 428 g/mol. The zero-order valence-electron chi connectivity index (χ0n) is 19.9. The second kappa shape index (κ2) is 9.80. The van der Waals surface area contributed by atoms with Gasteiger partial charge in [-0.05, 0) is 61.8 Å². The first-order valence-corrected chi connectivity index (χ1v) is 13.4. The standard InChI is InChI=1S/C27H34N4OS/c1-3-8-23-28-25(24-21-9-6-5-7-10-22(21)33-26(24)29-23)30-15-17-31(18-16-30)27(32)20-13-11-19(4-2)12-14-20/h11-14H,3-10,15-18H2,1-2H3. The van der Waals surface area contributed by atoms with Gasteiger partial charge in [-0.3, -0.25) is 4.79 Å². The lowest BCUT2D eigenvalue weighted by atomic mass is 10.1.